The van der Waals surface area contributed by atoms with E-state index in [0.717, 1.165) is 6.07 Å². The van der Waals surface area contributed by atoms with Gasteiger partial charge in [-0.25, -0.2) is 0 Å². The number of nitrogens with two attached hydrogens (primary N) is 1. The van der Waals surface area contributed by atoms with E-state index in [0.29, 0.717) is 0 Å². The van der Waals surface area contributed by atoms with Crippen molar-refractivity contribution < 1.29 is 17.8 Å². The fourth-order valence-corrected chi connectivity index (χ4v) is 1.77. The van der Waals surface area contributed by atoms with Gasteiger partial charge < -0.3 is 5.73 Å². The first-order valence-electron chi connectivity index (χ1n) is 3.70. The summed E-state index contributed by atoms with van der Waals surface area (Å²) in [6, 6.07) is 3.61. The van der Waals surface area contributed by atoms with E-state index in [9.17, 15) is 13.2 Å². The number of nitrogen functional groups attached to an aromatic ring is 1. The van der Waals surface area contributed by atoms with Crippen LogP contribution in [-0.2, 0) is 10.1 Å². The van der Waals surface area contributed by atoms with Gasteiger partial charge in [0.05, 0.1) is 0 Å². The largest absolute Gasteiger partial charge is 0.399 e. The molecule has 0 aliphatic rings. The standard InChI is InChI=1S/C8H9NO4S.K/c1-5(10)7-4-6(9)2-3-8(7)14(11,12)13;/h2-4H,9H2,1H3,(H,11,12,13);. The normalized spacial score (nSPS) is 10.5. The summed E-state index contributed by atoms with van der Waals surface area (Å²) in [5.74, 6) is -0.468. The van der Waals surface area contributed by atoms with Crippen LogP contribution in [0.15, 0.2) is 23.1 Å². The summed E-state index contributed by atoms with van der Waals surface area (Å²) < 4.78 is 30.5. The molecule has 0 fully saturated rings. The molecule has 0 bridgehead atoms. The summed E-state index contributed by atoms with van der Waals surface area (Å²) in [6.07, 6.45) is 0. The van der Waals surface area contributed by atoms with Gasteiger partial charge in [-0.3, -0.25) is 9.35 Å². The minimum Gasteiger partial charge on any atom is -0.399 e. The zero-order valence-corrected chi connectivity index (χ0v) is 12.3. The molecule has 0 atom stereocenters. The van der Waals surface area contributed by atoms with Crippen molar-refractivity contribution >= 4 is 73.0 Å². The minimum absolute atomic E-state index is 0. The molecule has 0 aromatic heterocycles. The molecule has 1 aromatic carbocycles. The monoisotopic (exact) mass is 254 g/mol. The Kier molecular flexibility index (Phi) is 5.62. The SMILES string of the molecule is CC(=O)c1cc(N)ccc1S(=O)(=O)O.[K]. The van der Waals surface area contributed by atoms with E-state index in [1.807, 2.05) is 0 Å². The zero-order chi connectivity index (χ0) is 10.9. The van der Waals surface area contributed by atoms with Crippen LogP contribution in [-0.4, -0.2) is 70.1 Å². The molecule has 5 nitrogen and oxygen atoms in total. The Balaban J connectivity index is 0.00000196. The summed E-state index contributed by atoms with van der Waals surface area (Å²) in [5, 5.41) is 0. The molecule has 1 radical (unpaired) electrons. The predicted molar refractivity (Wildman–Crippen MR) is 56.4 cm³/mol. The second-order valence-corrected chi connectivity index (χ2v) is 4.18. The fourth-order valence-electron chi connectivity index (χ4n) is 1.05. The Labute approximate surface area is 130 Å². The molecule has 1 aromatic rings. The molecule has 3 N–H and O–H groups in total. The molecule has 0 amide bonds. The molecule has 0 saturated carbocycles. The van der Waals surface area contributed by atoms with Crippen LogP contribution in [0.25, 0.3) is 0 Å². The first-order valence-corrected chi connectivity index (χ1v) is 5.14. The number of anilines is 1. The molecule has 0 heterocycles. The Morgan fingerprint density at radius 2 is 1.93 bits per heavy atom. The van der Waals surface area contributed by atoms with Gasteiger partial charge >= 0.3 is 0 Å². The third-order valence-electron chi connectivity index (χ3n) is 1.66. The predicted octanol–water partition coefficient (Wildman–Crippen LogP) is 0.337. The van der Waals surface area contributed by atoms with Gasteiger partial charge in [0.25, 0.3) is 10.1 Å². The second-order valence-electron chi connectivity index (χ2n) is 2.79. The van der Waals surface area contributed by atoms with Crippen LogP contribution >= 0.6 is 0 Å². The van der Waals surface area contributed by atoms with Gasteiger partial charge in [0.15, 0.2) is 5.78 Å². The van der Waals surface area contributed by atoms with Crippen LogP contribution in [0.1, 0.15) is 17.3 Å². The Morgan fingerprint density at radius 1 is 1.40 bits per heavy atom. The summed E-state index contributed by atoms with van der Waals surface area (Å²) in [5.41, 5.74) is 5.54. The quantitative estimate of drug-likeness (QED) is 0.343. The van der Waals surface area contributed by atoms with E-state index in [1.54, 1.807) is 0 Å². The molecule has 77 valence electrons. The number of ketones is 1. The van der Waals surface area contributed by atoms with Gasteiger partial charge in [-0.15, -0.1) is 0 Å². The Morgan fingerprint density at radius 3 is 2.33 bits per heavy atom. The first kappa shape index (κ1) is 15.2. The maximum Gasteiger partial charge on any atom is 0.295 e. The number of carbonyl (C=O) groups excluding carboxylic acids is 1. The maximum atomic E-state index is 11.0. The summed E-state index contributed by atoms with van der Waals surface area (Å²) in [6.45, 7) is 1.20. The van der Waals surface area contributed by atoms with Crippen molar-refractivity contribution in [3.63, 3.8) is 0 Å². The molecule has 7 heteroatoms. The molecule has 0 aliphatic carbocycles. The van der Waals surface area contributed by atoms with Crippen LogP contribution in [0, 0.1) is 0 Å². The van der Waals surface area contributed by atoms with E-state index in [4.69, 9.17) is 10.3 Å². The van der Waals surface area contributed by atoms with Crippen molar-refractivity contribution in [3.05, 3.63) is 23.8 Å². The average Bonchev–Trinajstić information content (AvgIpc) is 2.01. The van der Waals surface area contributed by atoms with E-state index >= 15 is 0 Å². The van der Waals surface area contributed by atoms with E-state index in [-0.39, 0.29) is 62.6 Å². The Bertz CT molecular complexity index is 483. The molecule has 15 heavy (non-hydrogen) atoms. The second kappa shape index (κ2) is 5.53. The van der Waals surface area contributed by atoms with E-state index in [2.05, 4.69) is 0 Å². The molecule has 0 unspecified atom stereocenters. The van der Waals surface area contributed by atoms with Crippen molar-refractivity contribution in [1.82, 2.24) is 0 Å². The topological polar surface area (TPSA) is 97.5 Å². The van der Waals surface area contributed by atoms with Gasteiger partial charge in [-0.05, 0) is 25.1 Å². The van der Waals surface area contributed by atoms with Gasteiger partial charge in [0.2, 0.25) is 0 Å². The molecular weight excluding hydrogens is 245 g/mol. The van der Waals surface area contributed by atoms with Crippen LogP contribution in [0.3, 0.4) is 0 Å². The number of hydrogen-bond acceptors (Lipinski definition) is 4. The van der Waals surface area contributed by atoms with Gasteiger partial charge in [-0.1, -0.05) is 0 Å². The van der Waals surface area contributed by atoms with Crippen molar-refractivity contribution in [1.29, 1.82) is 0 Å². The van der Waals surface area contributed by atoms with Crippen LogP contribution in [0.2, 0.25) is 0 Å². The summed E-state index contributed by atoms with van der Waals surface area (Å²) >= 11 is 0. The maximum absolute atomic E-state index is 11.0. The van der Waals surface area contributed by atoms with Crippen LogP contribution in [0.4, 0.5) is 5.69 Å². The molecule has 0 saturated heterocycles. The zero-order valence-electron chi connectivity index (χ0n) is 8.39. The number of rotatable bonds is 2. The number of Topliss-reactive ketones (excluding diaryl/α,β-unsaturated/α-hetero) is 1. The van der Waals surface area contributed by atoms with Crippen molar-refractivity contribution in [2.75, 3.05) is 5.73 Å². The summed E-state index contributed by atoms with van der Waals surface area (Å²) in [7, 11) is -4.37. The number of benzene rings is 1. The molecule has 0 aliphatic heterocycles. The number of hydrogen-bond donors (Lipinski definition) is 2. The van der Waals surface area contributed by atoms with Crippen molar-refractivity contribution in [2.24, 2.45) is 0 Å². The molecular formula is C8H9KNO4S. The summed E-state index contributed by atoms with van der Waals surface area (Å²) in [4.78, 5) is 10.6. The van der Waals surface area contributed by atoms with Gasteiger partial charge in [-0.2, -0.15) is 8.42 Å². The van der Waals surface area contributed by atoms with Crippen molar-refractivity contribution in [3.8, 4) is 0 Å². The van der Waals surface area contributed by atoms with E-state index < -0.39 is 20.8 Å². The fraction of sp³-hybridized carbons (Fsp3) is 0.125. The first-order chi connectivity index (χ1) is 6.32. The van der Waals surface area contributed by atoms with Gasteiger partial charge in [0.1, 0.15) is 4.90 Å². The smallest absolute Gasteiger partial charge is 0.295 e. The van der Waals surface area contributed by atoms with E-state index in [1.165, 1.54) is 19.1 Å². The average molecular weight is 254 g/mol. The van der Waals surface area contributed by atoms with Crippen molar-refractivity contribution in [2.45, 2.75) is 11.8 Å². The molecule has 1 rings (SSSR count). The minimum atomic E-state index is -4.37. The van der Waals surface area contributed by atoms with Gasteiger partial charge in [0, 0.05) is 62.6 Å². The molecule has 0 spiro atoms. The Hall–Kier alpha value is 0.236. The van der Waals surface area contributed by atoms with Crippen LogP contribution < -0.4 is 5.73 Å². The third-order valence-corrected chi connectivity index (χ3v) is 2.57. The number of carbonyl (C=O) groups is 1. The van der Waals surface area contributed by atoms with Crippen LogP contribution in [0.5, 0.6) is 0 Å². The third kappa shape index (κ3) is 3.95.